The normalized spacial score (nSPS) is 13.0. The third-order valence-electron chi connectivity index (χ3n) is 4.44. The summed E-state index contributed by atoms with van der Waals surface area (Å²) in [6.07, 6.45) is 1.06. The van der Waals surface area contributed by atoms with E-state index in [4.69, 9.17) is 4.98 Å². The highest BCUT2D eigenvalue weighted by Gasteiger charge is 2.22. The Hall–Kier alpha value is -2.88. The summed E-state index contributed by atoms with van der Waals surface area (Å²) in [7, 11) is 2.01. The molecule has 0 saturated heterocycles. The molecule has 0 spiro atoms. The summed E-state index contributed by atoms with van der Waals surface area (Å²) >= 11 is 0. The van der Waals surface area contributed by atoms with Gasteiger partial charge in [0.2, 0.25) is 5.95 Å². The van der Waals surface area contributed by atoms with E-state index in [-0.39, 0.29) is 0 Å². The van der Waals surface area contributed by atoms with Crippen LogP contribution in [0, 0.1) is 6.92 Å². The van der Waals surface area contributed by atoms with Crippen molar-refractivity contribution in [3.05, 3.63) is 71.9 Å². The van der Waals surface area contributed by atoms with Crippen LogP contribution in [-0.2, 0) is 6.42 Å². The van der Waals surface area contributed by atoms with Gasteiger partial charge < -0.3 is 9.80 Å². The summed E-state index contributed by atoms with van der Waals surface area (Å²) in [5, 5.41) is 0. The van der Waals surface area contributed by atoms with Crippen molar-refractivity contribution < 1.29 is 0 Å². The smallest absolute Gasteiger partial charge is 0.231 e. The van der Waals surface area contributed by atoms with Gasteiger partial charge in [-0.2, -0.15) is 4.98 Å². The van der Waals surface area contributed by atoms with Crippen molar-refractivity contribution in [2.45, 2.75) is 13.3 Å². The number of anilines is 4. The lowest BCUT2D eigenvalue weighted by atomic mass is 10.2. The van der Waals surface area contributed by atoms with E-state index in [2.05, 4.69) is 52.3 Å². The van der Waals surface area contributed by atoms with Gasteiger partial charge in [-0.05, 0) is 37.1 Å². The zero-order valence-electron chi connectivity index (χ0n) is 14.0. The highest BCUT2D eigenvalue weighted by atomic mass is 15.3. The Labute approximate surface area is 142 Å². The van der Waals surface area contributed by atoms with Crippen LogP contribution < -0.4 is 9.80 Å². The summed E-state index contributed by atoms with van der Waals surface area (Å²) in [4.78, 5) is 13.8. The standard InChI is InChI=1S/C20H20N4/c1-15-14-19(24-13-12-16-8-6-7-11-18(16)24)22-20(21-15)23(2)17-9-4-3-5-10-17/h3-11,14H,12-13H2,1-2H3. The van der Waals surface area contributed by atoms with Crippen LogP contribution in [0.15, 0.2) is 60.7 Å². The molecule has 4 rings (SSSR count). The number of para-hydroxylation sites is 2. The summed E-state index contributed by atoms with van der Waals surface area (Å²) in [6, 6.07) is 20.8. The van der Waals surface area contributed by atoms with Crippen LogP contribution in [0.25, 0.3) is 0 Å². The summed E-state index contributed by atoms with van der Waals surface area (Å²) < 4.78 is 0. The molecule has 0 bridgehead atoms. The Morgan fingerprint density at radius 2 is 1.71 bits per heavy atom. The van der Waals surface area contributed by atoms with Crippen LogP contribution in [0.2, 0.25) is 0 Å². The molecule has 0 amide bonds. The molecule has 0 unspecified atom stereocenters. The second-order valence-corrected chi connectivity index (χ2v) is 6.09. The molecule has 0 aliphatic carbocycles. The summed E-state index contributed by atoms with van der Waals surface area (Å²) in [6.45, 7) is 2.99. The minimum absolute atomic E-state index is 0.723. The lowest BCUT2D eigenvalue weighted by Crippen LogP contribution is -2.19. The molecule has 24 heavy (non-hydrogen) atoms. The van der Waals surface area contributed by atoms with Gasteiger partial charge in [-0.1, -0.05) is 36.4 Å². The summed E-state index contributed by atoms with van der Waals surface area (Å²) in [5.74, 6) is 1.69. The van der Waals surface area contributed by atoms with Crippen molar-refractivity contribution in [1.29, 1.82) is 0 Å². The van der Waals surface area contributed by atoms with Crippen molar-refractivity contribution >= 4 is 23.1 Å². The van der Waals surface area contributed by atoms with Crippen molar-refractivity contribution in [2.75, 3.05) is 23.4 Å². The van der Waals surface area contributed by atoms with Gasteiger partial charge in [-0.25, -0.2) is 4.98 Å². The molecule has 1 aliphatic rings. The van der Waals surface area contributed by atoms with Gasteiger partial charge in [-0.3, -0.25) is 0 Å². The average Bonchev–Trinajstić information content (AvgIpc) is 3.05. The maximum atomic E-state index is 4.83. The van der Waals surface area contributed by atoms with Crippen LogP contribution in [0.3, 0.4) is 0 Å². The van der Waals surface area contributed by atoms with Crippen molar-refractivity contribution in [1.82, 2.24) is 9.97 Å². The van der Waals surface area contributed by atoms with E-state index < -0.39 is 0 Å². The van der Waals surface area contributed by atoms with Gasteiger partial charge in [0, 0.05) is 36.7 Å². The highest BCUT2D eigenvalue weighted by Crippen LogP contribution is 2.34. The molecule has 0 atom stereocenters. The van der Waals surface area contributed by atoms with E-state index in [1.54, 1.807) is 0 Å². The molecule has 1 aliphatic heterocycles. The first-order valence-corrected chi connectivity index (χ1v) is 8.22. The molecule has 2 heterocycles. The molecular formula is C20H20N4. The topological polar surface area (TPSA) is 32.3 Å². The quantitative estimate of drug-likeness (QED) is 0.723. The first kappa shape index (κ1) is 14.7. The number of aromatic nitrogens is 2. The first-order valence-electron chi connectivity index (χ1n) is 8.22. The average molecular weight is 316 g/mol. The van der Waals surface area contributed by atoms with Gasteiger partial charge in [0.15, 0.2) is 0 Å². The Kier molecular flexibility index (Phi) is 3.65. The van der Waals surface area contributed by atoms with Gasteiger partial charge in [-0.15, -0.1) is 0 Å². The summed E-state index contributed by atoms with van der Waals surface area (Å²) in [5.41, 5.74) is 4.69. The fraction of sp³-hybridized carbons (Fsp3) is 0.200. The van der Waals surface area contributed by atoms with E-state index in [1.165, 1.54) is 11.3 Å². The minimum Gasteiger partial charge on any atom is -0.326 e. The largest absolute Gasteiger partial charge is 0.326 e. The monoisotopic (exact) mass is 316 g/mol. The molecule has 4 heteroatoms. The predicted octanol–water partition coefficient (Wildman–Crippen LogP) is 4.25. The number of hydrogen-bond donors (Lipinski definition) is 0. The molecule has 2 aromatic carbocycles. The fourth-order valence-electron chi connectivity index (χ4n) is 3.17. The van der Waals surface area contributed by atoms with E-state index in [1.807, 2.05) is 37.1 Å². The number of rotatable bonds is 3. The van der Waals surface area contributed by atoms with Crippen molar-refractivity contribution in [3.8, 4) is 0 Å². The lowest BCUT2D eigenvalue weighted by Gasteiger charge is -2.22. The zero-order valence-corrected chi connectivity index (χ0v) is 14.0. The molecule has 120 valence electrons. The molecule has 0 fully saturated rings. The van der Waals surface area contributed by atoms with Crippen molar-refractivity contribution in [3.63, 3.8) is 0 Å². The Balaban J connectivity index is 1.73. The molecular weight excluding hydrogens is 296 g/mol. The molecule has 0 radical (unpaired) electrons. The zero-order chi connectivity index (χ0) is 16.5. The number of fused-ring (bicyclic) bond motifs is 1. The number of nitrogens with zero attached hydrogens (tertiary/aromatic N) is 4. The maximum Gasteiger partial charge on any atom is 0.231 e. The van der Waals surface area contributed by atoms with E-state index in [9.17, 15) is 0 Å². The van der Waals surface area contributed by atoms with Crippen molar-refractivity contribution in [2.24, 2.45) is 0 Å². The van der Waals surface area contributed by atoms with Crippen LogP contribution in [0.1, 0.15) is 11.3 Å². The number of aryl methyl sites for hydroxylation is 1. The van der Waals surface area contributed by atoms with E-state index >= 15 is 0 Å². The SMILES string of the molecule is Cc1cc(N2CCc3ccccc32)nc(N(C)c2ccccc2)n1. The van der Waals surface area contributed by atoms with Crippen LogP contribution in [0.4, 0.5) is 23.1 Å². The minimum atomic E-state index is 0.723. The van der Waals surface area contributed by atoms with E-state index in [0.717, 1.165) is 36.1 Å². The fourth-order valence-corrected chi connectivity index (χ4v) is 3.17. The Morgan fingerprint density at radius 3 is 2.54 bits per heavy atom. The van der Waals surface area contributed by atoms with Gasteiger partial charge in [0.05, 0.1) is 0 Å². The predicted molar refractivity (Wildman–Crippen MR) is 98.4 cm³/mol. The Bertz CT molecular complexity index is 861. The van der Waals surface area contributed by atoms with Crippen LogP contribution >= 0.6 is 0 Å². The third kappa shape index (κ3) is 2.60. The maximum absolute atomic E-state index is 4.83. The second kappa shape index (κ2) is 5.96. The molecule has 4 nitrogen and oxygen atoms in total. The van der Waals surface area contributed by atoms with Crippen LogP contribution in [-0.4, -0.2) is 23.6 Å². The molecule has 0 N–H and O–H groups in total. The van der Waals surface area contributed by atoms with Gasteiger partial charge in [0.1, 0.15) is 5.82 Å². The second-order valence-electron chi connectivity index (χ2n) is 6.09. The van der Waals surface area contributed by atoms with Gasteiger partial charge >= 0.3 is 0 Å². The number of hydrogen-bond acceptors (Lipinski definition) is 4. The lowest BCUT2D eigenvalue weighted by molar-refractivity contribution is 0.941. The van der Waals surface area contributed by atoms with E-state index in [0.29, 0.717) is 0 Å². The molecule has 3 aromatic rings. The third-order valence-corrected chi connectivity index (χ3v) is 4.44. The molecule has 1 aromatic heterocycles. The number of benzene rings is 2. The Morgan fingerprint density at radius 1 is 0.958 bits per heavy atom. The van der Waals surface area contributed by atoms with Crippen LogP contribution in [0.5, 0.6) is 0 Å². The first-order chi connectivity index (χ1) is 11.7. The molecule has 0 saturated carbocycles. The highest BCUT2D eigenvalue weighted by molar-refractivity contribution is 5.69. The van der Waals surface area contributed by atoms with Gasteiger partial charge in [0.25, 0.3) is 0 Å².